The molecule has 0 unspecified atom stereocenters. The molecule has 1 saturated heterocycles. The lowest BCUT2D eigenvalue weighted by Gasteiger charge is -2.26. The fraction of sp³-hybridized carbons (Fsp3) is 0.409. The van der Waals surface area contributed by atoms with E-state index < -0.39 is 10.0 Å². The summed E-state index contributed by atoms with van der Waals surface area (Å²) in [6.45, 7) is 4.11. The van der Waals surface area contributed by atoms with E-state index in [1.54, 1.807) is 12.1 Å². The van der Waals surface area contributed by atoms with Crippen LogP contribution in [-0.4, -0.2) is 45.5 Å². The number of rotatable bonds is 6. The van der Waals surface area contributed by atoms with Crippen LogP contribution in [-0.2, 0) is 14.8 Å². The topological polar surface area (TPSA) is 111 Å². The Morgan fingerprint density at radius 3 is 2.58 bits per heavy atom. The first kappa shape index (κ1) is 21.6. The third kappa shape index (κ3) is 5.00. The van der Waals surface area contributed by atoms with Crippen LogP contribution in [0.2, 0.25) is 0 Å². The van der Waals surface area contributed by atoms with E-state index in [1.807, 2.05) is 25.1 Å². The van der Waals surface area contributed by atoms with Crippen molar-refractivity contribution < 1.29 is 22.7 Å². The number of ether oxygens (including phenoxy) is 2. The van der Waals surface area contributed by atoms with Crippen LogP contribution >= 0.6 is 0 Å². The molecule has 0 bridgehead atoms. The second kappa shape index (κ2) is 8.86. The zero-order valence-corrected chi connectivity index (χ0v) is 18.2. The average Bonchev–Trinajstić information content (AvgIpc) is 3.20. The zero-order valence-electron chi connectivity index (χ0n) is 17.4. The summed E-state index contributed by atoms with van der Waals surface area (Å²) in [5.41, 5.74) is 1.94. The maximum atomic E-state index is 12.7. The van der Waals surface area contributed by atoms with Crippen molar-refractivity contribution >= 4 is 15.9 Å². The third-order valence-corrected chi connectivity index (χ3v) is 6.68. The molecule has 9 heteroatoms. The van der Waals surface area contributed by atoms with Crippen molar-refractivity contribution in [2.75, 3.05) is 26.3 Å². The molecule has 0 spiro atoms. The van der Waals surface area contributed by atoms with Gasteiger partial charge in [-0.05, 0) is 61.7 Å². The quantitative estimate of drug-likeness (QED) is 0.705. The summed E-state index contributed by atoms with van der Waals surface area (Å²) < 4.78 is 34.1. The maximum absolute atomic E-state index is 12.7. The first-order chi connectivity index (χ1) is 14.8. The molecule has 3 N–H and O–H groups in total. The molecule has 2 atom stereocenters. The molecule has 1 amide bonds. The number of likely N-dealkylation sites (tertiary alicyclic amines) is 1. The van der Waals surface area contributed by atoms with Crippen LogP contribution in [0.25, 0.3) is 0 Å². The second-order valence-corrected chi connectivity index (χ2v) is 9.50. The van der Waals surface area contributed by atoms with Gasteiger partial charge in [-0.3, -0.25) is 9.69 Å². The molecule has 2 aliphatic heterocycles. The Bertz CT molecular complexity index is 1060. The first-order valence-corrected chi connectivity index (χ1v) is 11.9. The summed E-state index contributed by atoms with van der Waals surface area (Å²) in [6.07, 6.45) is 2.01. The molecule has 0 radical (unpaired) electrons. The molecule has 166 valence electrons. The van der Waals surface area contributed by atoms with Gasteiger partial charge in [0.15, 0.2) is 11.5 Å². The normalized spacial score (nSPS) is 19.7. The summed E-state index contributed by atoms with van der Waals surface area (Å²) in [7, 11) is -3.73. The van der Waals surface area contributed by atoms with Crippen LogP contribution < -0.4 is 19.9 Å². The summed E-state index contributed by atoms with van der Waals surface area (Å²) in [5, 5.41) is 8.13. The van der Waals surface area contributed by atoms with E-state index in [-0.39, 0.29) is 22.9 Å². The molecule has 1 fully saturated rings. The van der Waals surface area contributed by atoms with E-state index in [0.717, 1.165) is 42.0 Å². The minimum Gasteiger partial charge on any atom is -0.486 e. The van der Waals surface area contributed by atoms with Gasteiger partial charge in [0, 0.05) is 6.04 Å². The lowest BCUT2D eigenvalue weighted by atomic mass is 10.0. The highest BCUT2D eigenvalue weighted by Gasteiger charge is 2.29. The lowest BCUT2D eigenvalue weighted by Crippen LogP contribution is -2.38. The number of hydrogen-bond acceptors (Lipinski definition) is 6. The van der Waals surface area contributed by atoms with Gasteiger partial charge in [0.1, 0.15) is 13.2 Å². The van der Waals surface area contributed by atoms with Gasteiger partial charge < -0.3 is 14.8 Å². The van der Waals surface area contributed by atoms with Crippen molar-refractivity contribution in [1.29, 1.82) is 0 Å². The predicted molar refractivity (Wildman–Crippen MR) is 115 cm³/mol. The van der Waals surface area contributed by atoms with Crippen molar-refractivity contribution in [3.8, 4) is 11.5 Å². The van der Waals surface area contributed by atoms with Gasteiger partial charge in [-0.25, -0.2) is 13.6 Å². The molecule has 0 saturated carbocycles. The van der Waals surface area contributed by atoms with E-state index in [9.17, 15) is 13.2 Å². The highest BCUT2D eigenvalue weighted by molar-refractivity contribution is 7.89. The van der Waals surface area contributed by atoms with Gasteiger partial charge in [-0.1, -0.05) is 18.2 Å². The first-order valence-electron chi connectivity index (χ1n) is 10.4. The van der Waals surface area contributed by atoms with Crippen molar-refractivity contribution in [3.63, 3.8) is 0 Å². The number of primary sulfonamides is 1. The van der Waals surface area contributed by atoms with Crippen LogP contribution in [0.1, 0.15) is 43.0 Å². The van der Waals surface area contributed by atoms with Crippen LogP contribution in [0.4, 0.5) is 0 Å². The molecule has 2 heterocycles. The molecule has 8 nitrogen and oxygen atoms in total. The Hall–Kier alpha value is -2.62. The van der Waals surface area contributed by atoms with Crippen molar-refractivity contribution in [3.05, 3.63) is 53.6 Å². The molecular formula is C22H27N3O5S. The number of sulfonamides is 1. The van der Waals surface area contributed by atoms with E-state index >= 15 is 0 Å². The number of fused-ring (bicyclic) bond motifs is 1. The number of hydrogen-bond donors (Lipinski definition) is 2. The SMILES string of the molecule is C[C@H](NC(=O)CN1CCC[C@H]1c1ccc2c(c1)OCCO2)c1ccc(S(N)(=O)=O)cc1. The number of nitrogens with two attached hydrogens (primary N) is 1. The molecule has 0 aliphatic carbocycles. The molecule has 4 rings (SSSR count). The minimum absolute atomic E-state index is 0.0501. The Morgan fingerprint density at radius 1 is 1.16 bits per heavy atom. The monoisotopic (exact) mass is 445 g/mol. The van der Waals surface area contributed by atoms with Crippen LogP contribution in [0.3, 0.4) is 0 Å². The third-order valence-electron chi connectivity index (χ3n) is 5.75. The van der Waals surface area contributed by atoms with Gasteiger partial charge in [0.25, 0.3) is 0 Å². The van der Waals surface area contributed by atoms with Crippen molar-refractivity contribution in [2.24, 2.45) is 5.14 Å². The summed E-state index contributed by atoms with van der Waals surface area (Å²) in [4.78, 5) is 14.9. The number of benzene rings is 2. The number of nitrogens with one attached hydrogen (secondary N) is 1. The predicted octanol–water partition coefficient (Wildman–Crippen LogP) is 2.12. The van der Waals surface area contributed by atoms with Crippen LogP contribution in [0.15, 0.2) is 47.4 Å². The molecule has 31 heavy (non-hydrogen) atoms. The van der Waals surface area contributed by atoms with Gasteiger partial charge in [-0.15, -0.1) is 0 Å². The molecular weight excluding hydrogens is 418 g/mol. The largest absolute Gasteiger partial charge is 0.486 e. The zero-order chi connectivity index (χ0) is 22.0. The fourth-order valence-electron chi connectivity index (χ4n) is 4.16. The molecule has 2 aliphatic rings. The molecule has 0 aromatic heterocycles. The smallest absolute Gasteiger partial charge is 0.238 e. The Labute approximate surface area is 182 Å². The molecule has 2 aromatic rings. The van der Waals surface area contributed by atoms with E-state index in [1.165, 1.54) is 12.1 Å². The standard InChI is InChI=1S/C22H27N3O5S/c1-15(16-4-7-18(8-5-16)31(23,27)28)24-22(26)14-25-10-2-3-19(25)17-6-9-20-21(13-17)30-12-11-29-20/h4-9,13,15,19H,2-3,10-12,14H2,1H3,(H,24,26)(H2,23,27,28)/t15-,19-/m0/s1. The van der Waals surface area contributed by atoms with Crippen molar-refractivity contribution in [2.45, 2.75) is 36.7 Å². The minimum atomic E-state index is -3.73. The highest BCUT2D eigenvalue weighted by atomic mass is 32.2. The Kier molecular flexibility index (Phi) is 6.17. The fourth-order valence-corrected chi connectivity index (χ4v) is 4.68. The maximum Gasteiger partial charge on any atom is 0.238 e. The summed E-state index contributed by atoms with van der Waals surface area (Å²) >= 11 is 0. The van der Waals surface area contributed by atoms with Gasteiger partial charge in [0.05, 0.1) is 17.5 Å². The van der Waals surface area contributed by atoms with E-state index in [2.05, 4.69) is 10.2 Å². The number of amides is 1. The summed E-state index contributed by atoms with van der Waals surface area (Å²) in [5.74, 6) is 1.45. The Balaban J connectivity index is 1.38. The molecule has 2 aromatic carbocycles. The van der Waals surface area contributed by atoms with Gasteiger partial charge in [0.2, 0.25) is 15.9 Å². The highest BCUT2D eigenvalue weighted by Crippen LogP contribution is 2.37. The number of nitrogens with zero attached hydrogens (tertiary/aromatic N) is 1. The Morgan fingerprint density at radius 2 is 1.87 bits per heavy atom. The van der Waals surface area contributed by atoms with Crippen LogP contribution in [0, 0.1) is 0 Å². The van der Waals surface area contributed by atoms with Crippen LogP contribution in [0.5, 0.6) is 11.5 Å². The van der Waals surface area contributed by atoms with Crippen molar-refractivity contribution in [1.82, 2.24) is 10.2 Å². The van der Waals surface area contributed by atoms with Gasteiger partial charge >= 0.3 is 0 Å². The van der Waals surface area contributed by atoms with Gasteiger partial charge in [-0.2, -0.15) is 0 Å². The van der Waals surface area contributed by atoms with E-state index in [4.69, 9.17) is 14.6 Å². The number of carbonyl (C=O) groups is 1. The second-order valence-electron chi connectivity index (χ2n) is 7.93. The lowest BCUT2D eigenvalue weighted by molar-refractivity contribution is -0.123. The average molecular weight is 446 g/mol. The number of carbonyl (C=O) groups excluding carboxylic acids is 1. The summed E-state index contributed by atoms with van der Waals surface area (Å²) in [6, 6.07) is 12.1. The van der Waals surface area contributed by atoms with E-state index in [0.29, 0.717) is 19.8 Å².